The number of esters is 2. The fourth-order valence-corrected chi connectivity index (χ4v) is 11.7. The van der Waals surface area contributed by atoms with E-state index in [1.165, 1.54) is 54.3 Å². The van der Waals surface area contributed by atoms with Gasteiger partial charge in [0.1, 0.15) is 72.9 Å². The third-order valence-corrected chi connectivity index (χ3v) is 16.3. The van der Waals surface area contributed by atoms with Gasteiger partial charge in [0.2, 0.25) is 35.4 Å². The highest BCUT2D eigenvalue weighted by atomic mass is 32.2. The molecule has 9 atom stereocenters. The lowest BCUT2D eigenvalue weighted by atomic mass is 10.0. The zero-order chi connectivity index (χ0) is 57.4. The molecule has 4 heterocycles. The van der Waals surface area contributed by atoms with Crippen LogP contribution < -0.4 is 21.3 Å². The fraction of sp³-hybridized carbons (Fsp3) is 0.491. The van der Waals surface area contributed by atoms with E-state index in [2.05, 4.69) is 36.2 Å². The summed E-state index contributed by atoms with van der Waals surface area (Å²) in [7, 11) is 5.35. The number of aryl methyl sites for hydroxylation is 1. The largest absolute Gasteiger partial charge is 0.461 e. The molecule has 2 saturated heterocycles. The molecule has 2 aromatic carbocycles. The highest BCUT2D eigenvalue weighted by Crippen LogP contribution is 2.32. The van der Waals surface area contributed by atoms with Gasteiger partial charge in [0.25, 0.3) is 11.8 Å². The highest BCUT2D eigenvalue weighted by molar-refractivity contribution is 8.16. The molecule has 2 aromatic heterocycles. The summed E-state index contributed by atoms with van der Waals surface area (Å²) in [6, 6.07) is 3.70. The maximum absolute atomic E-state index is 15.3. The number of carbonyl (C=O) groups is 10. The Labute approximate surface area is 460 Å². The number of nitrogens with one attached hydrogen (secondary N) is 4. The number of hydrogen-bond donors (Lipinski definition) is 4. The van der Waals surface area contributed by atoms with Crippen molar-refractivity contribution in [2.24, 2.45) is 11.8 Å². The normalized spacial score (nSPS) is 25.2. The Morgan fingerprint density at radius 1 is 0.654 bits per heavy atom. The van der Waals surface area contributed by atoms with Crippen molar-refractivity contribution in [3.8, 4) is 0 Å². The Hall–Kier alpha value is -7.41. The van der Waals surface area contributed by atoms with Crippen LogP contribution in [-0.2, 0) is 47.8 Å². The molecule has 0 spiro atoms. The first-order valence-corrected chi connectivity index (χ1v) is 27.5. The predicted molar refractivity (Wildman–Crippen MR) is 291 cm³/mol. The van der Waals surface area contributed by atoms with Crippen LogP contribution >= 0.6 is 23.5 Å². The third-order valence-electron chi connectivity index (χ3n) is 13.5. The maximum Gasteiger partial charge on any atom is 0.329 e. The van der Waals surface area contributed by atoms with Crippen molar-refractivity contribution < 1.29 is 57.4 Å². The second-order valence-electron chi connectivity index (χ2n) is 20.0. The molecule has 23 nitrogen and oxygen atoms in total. The molecule has 6 rings (SSSR count). The first-order valence-electron chi connectivity index (χ1n) is 25.2. The molecular formula is C53H67N11O12S2. The number of likely N-dealkylation sites (N-methyl/N-ethyl adjacent to an activating group) is 4. The molecule has 78 heavy (non-hydrogen) atoms. The van der Waals surface area contributed by atoms with Crippen molar-refractivity contribution in [3.63, 3.8) is 0 Å². The number of carbonyl (C=O) groups excluding carboxylic acids is 10. The summed E-state index contributed by atoms with van der Waals surface area (Å²) in [6.07, 6.45) is 2.87. The van der Waals surface area contributed by atoms with Crippen LogP contribution in [0, 0.1) is 18.8 Å². The summed E-state index contributed by atoms with van der Waals surface area (Å²) >= 11 is 2.17. The van der Waals surface area contributed by atoms with Gasteiger partial charge in [-0.05, 0) is 69.2 Å². The van der Waals surface area contributed by atoms with Crippen LogP contribution in [-0.4, -0.2) is 200 Å². The third kappa shape index (κ3) is 13.6. The lowest BCUT2D eigenvalue weighted by Gasteiger charge is -2.40. The highest BCUT2D eigenvalue weighted by Gasteiger charge is 2.45. The molecule has 418 valence electrons. The minimum Gasteiger partial charge on any atom is -0.461 e. The van der Waals surface area contributed by atoms with Crippen LogP contribution in [0.1, 0.15) is 68.1 Å². The van der Waals surface area contributed by atoms with Gasteiger partial charge in [-0.25, -0.2) is 19.6 Å². The lowest BCUT2D eigenvalue weighted by Crippen LogP contribution is -2.60. The van der Waals surface area contributed by atoms with Crippen molar-refractivity contribution in [1.82, 2.24) is 55.8 Å². The molecule has 4 aromatic rings. The molecule has 4 N–H and O–H groups in total. The van der Waals surface area contributed by atoms with Gasteiger partial charge in [-0.2, -0.15) is 0 Å². The summed E-state index contributed by atoms with van der Waals surface area (Å²) in [4.78, 5) is 162. The lowest BCUT2D eigenvalue weighted by molar-refractivity contribution is -0.160. The molecule has 8 amide bonds. The zero-order valence-electron chi connectivity index (χ0n) is 45.6. The maximum atomic E-state index is 15.3. The van der Waals surface area contributed by atoms with E-state index in [1.54, 1.807) is 70.3 Å². The second-order valence-corrected chi connectivity index (χ2v) is 22.4. The molecular weight excluding hydrogens is 1050 g/mol. The Bertz CT molecular complexity index is 2980. The van der Waals surface area contributed by atoms with Crippen LogP contribution in [0.2, 0.25) is 0 Å². The summed E-state index contributed by atoms with van der Waals surface area (Å²) in [5.41, 5.74) is 2.10. The van der Waals surface area contributed by atoms with Gasteiger partial charge in [-0.1, -0.05) is 57.5 Å². The number of hydrogen-bond acceptors (Lipinski definition) is 17. The molecule has 2 bridgehead atoms. The molecule has 0 saturated carbocycles. The van der Waals surface area contributed by atoms with E-state index in [9.17, 15) is 38.4 Å². The zero-order valence-corrected chi connectivity index (χ0v) is 47.2. The van der Waals surface area contributed by atoms with Crippen molar-refractivity contribution in [2.75, 3.05) is 53.4 Å². The van der Waals surface area contributed by atoms with Crippen molar-refractivity contribution in [1.29, 1.82) is 0 Å². The van der Waals surface area contributed by atoms with Gasteiger partial charge in [0, 0.05) is 39.3 Å². The molecule has 25 heteroatoms. The Morgan fingerprint density at radius 2 is 1.17 bits per heavy atom. The molecule has 0 aliphatic carbocycles. The molecule has 9 unspecified atom stereocenters. The number of benzene rings is 2. The Balaban J connectivity index is 1.43. The number of aromatic nitrogens is 3. The SMILES string of the molecule is CSC1SCC2C(=O)N(C)C(C(C)C)C(=O)OCC(NC(=O)c3ccc4cc(C)ccc4n3)C(=O)NC(C)C(=O)N(C)C1C(=O)N(C)C(C(C)C)C(=O)OCC(NC(=O)c1cnc3ccccc3n1)C(=O)NC(C)C(=O)N2C. The van der Waals surface area contributed by atoms with Crippen LogP contribution in [0.15, 0.2) is 60.8 Å². The number of thioether (sulfide) groups is 2. The predicted octanol–water partition coefficient (Wildman–Crippen LogP) is 1.55. The number of ether oxygens (including phenoxy) is 2. The van der Waals surface area contributed by atoms with E-state index in [-0.39, 0.29) is 17.1 Å². The standard InChI is InChI=1S/C53H67N11O12S2/c1-26(2)40-51(73)75-23-37(59-43(65)35-20-18-31-21-28(5)17-19-32(31)57-35)45(67)56-30(7)48(70)64(11)42-50(72)63(10)41(27(3)4)52(74)76-24-38(60-44(66)36-22-54-33-15-13-14-16-34(33)58-36)46(68)55-29(6)47(69)61(8)39(49(71)62(40)9)25-78-53(42)77-12/h13-22,26-27,29-30,37-42,53H,23-25H2,1-12H3,(H,55,68)(H,56,67)(H,59,65)(H,60,66). The summed E-state index contributed by atoms with van der Waals surface area (Å²) in [6.45, 7) is 9.67. The van der Waals surface area contributed by atoms with Gasteiger partial charge >= 0.3 is 11.9 Å². The van der Waals surface area contributed by atoms with Crippen LogP contribution in [0.4, 0.5) is 0 Å². The second kappa shape index (κ2) is 25.8. The van der Waals surface area contributed by atoms with Gasteiger partial charge in [-0.15, -0.1) is 23.5 Å². The number of cyclic esters (lactones) is 2. The van der Waals surface area contributed by atoms with Crippen molar-refractivity contribution in [3.05, 3.63) is 77.7 Å². The Morgan fingerprint density at radius 3 is 1.72 bits per heavy atom. The summed E-state index contributed by atoms with van der Waals surface area (Å²) in [5.74, 6) is -10.2. The van der Waals surface area contributed by atoms with Gasteiger partial charge in [-0.3, -0.25) is 43.3 Å². The Kier molecular flexibility index (Phi) is 19.8. The van der Waals surface area contributed by atoms with Crippen molar-refractivity contribution >= 4 is 105 Å². The van der Waals surface area contributed by atoms with E-state index in [1.807, 2.05) is 19.1 Å². The monoisotopic (exact) mass is 1110 g/mol. The first kappa shape index (κ1) is 59.8. The topological polar surface area (TPSA) is 289 Å². The minimum atomic E-state index is -1.66. The van der Waals surface area contributed by atoms with Gasteiger partial charge < -0.3 is 50.3 Å². The number of amides is 8. The molecule has 0 radical (unpaired) electrons. The fourth-order valence-electron chi connectivity index (χ4n) is 9.18. The first-order chi connectivity index (χ1) is 36.8. The van der Waals surface area contributed by atoms with Crippen LogP contribution in [0.25, 0.3) is 21.9 Å². The number of pyridine rings is 1. The minimum absolute atomic E-state index is 0.0683. The molecule has 2 fully saturated rings. The van der Waals surface area contributed by atoms with Crippen LogP contribution in [0.3, 0.4) is 0 Å². The van der Waals surface area contributed by atoms with Gasteiger partial charge in [0.15, 0.2) is 0 Å². The number of rotatable bonds is 7. The number of fused-ring (bicyclic) bond motifs is 6. The van der Waals surface area contributed by atoms with E-state index in [0.29, 0.717) is 16.6 Å². The van der Waals surface area contributed by atoms with E-state index >= 15 is 9.59 Å². The van der Waals surface area contributed by atoms with Crippen LogP contribution in [0.5, 0.6) is 0 Å². The summed E-state index contributed by atoms with van der Waals surface area (Å²) < 4.78 is 10.6. The average molecular weight is 1110 g/mol. The quantitative estimate of drug-likeness (QED) is 0.191. The number of para-hydroxylation sites is 2. The summed E-state index contributed by atoms with van der Waals surface area (Å²) in [5, 5.41) is 11.1. The van der Waals surface area contributed by atoms with E-state index in [4.69, 9.17) is 9.47 Å². The van der Waals surface area contributed by atoms with E-state index < -0.39 is 137 Å². The molecule has 2 aliphatic heterocycles. The number of nitrogens with zero attached hydrogens (tertiary/aromatic N) is 7. The smallest absolute Gasteiger partial charge is 0.329 e. The average Bonchev–Trinajstić information content (AvgIpc) is 3.40. The van der Waals surface area contributed by atoms with E-state index in [0.717, 1.165) is 54.1 Å². The van der Waals surface area contributed by atoms with Crippen molar-refractivity contribution in [2.45, 2.75) is 101 Å². The molecule has 2 aliphatic rings. The van der Waals surface area contributed by atoms with Gasteiger partial charge in [0.05, 0.1) is 27.3 Å².